The maximum absolute atomic E-state index is 10.2. The average molecular weight is 224 g/mol. The van der Waals surface area contributed by atoms with Crippen molar-refractivity contribution in [3.8, 4) is 5.75 Å². The second kappa shape index (κ2) is 4.48. The van der Waals surface area contributed by atoms with E-state index in [4.69, 9.17) is 0 Å². The molecular formula is C13H24N2O. The molecule has 3 heteroatoms. The number of aryl methyl sites for hydroxylation is 1. The van der Waals surface area contributed by atoms with Crippen molar-refractivity contribution in [1.82, 2.24) is 9.78 Å². The minimum atomic E-state index is -0.0797. The SMILES string of the molecule is CCc1nn(C(C)(C)C)c(C(C)CC)c1O. The largest absolute Gasteiger partial charge is 0.504 e. The monoisotopic (exact) mass is 224 g/mol. The van der Waals surface area contributed by atoms with Gasteiger partial charge in [0.2, 0.25) is 0 Å². The van der Waals surface area contributed by atoms with E-state index >= 15 is 0 Å². The smallest absolute Gasteiger partial charge is 0.160 e. The lowest BCUT2D eigenvalue weighted by molar-refractivity contribution is 0.330. The number of rotatable bonds is 3. The Morgan fingerprint density at radius 1 is 1.31 bits per heavy atom. The van der Waals surface area contributed by atoms with Gasteiger partial charge in [-0.05, 0) is 33.6 Å². The Hall–Kier alpha value is -0.990. The zero-order valence-corrected chi connectivity index (χ0v) is 11.3. The highest BCUT2D eigenvalue weighted by atomic mass is 16.3. The molecule has 1 atom stereocenters. The van der Waals surface area contributed by atoms with E-state index in [1.54, 1.807) is 0 Å². The van der Waals surface area contributed by atoms with Crippen LogP contribution in [0.1, 0.15) is 65.3 Å². The summed E-state index contributed by atoms with van der Waals surface area (Å²) in [5.41, 5.74) is 1.71. The molecule has 3 nitrogen and oxygen atoms in total. The van der Waals surface area contributed by atoms with E-state index in [1.165, 1.54) is 0 Å². The molecule has 0 saturated heterocycles. The summed E-state index contributed by atoms with van der Waals surface area (Å²) in [5, 5.41) is 14.7. The molecule has 1 heterocycles. The van der Waals surface area contributed by atoms with Gasteiger partial charge < -0.3 is 5.11 Å². The standard InChI is InChI=1S/C13H24N2O/c1-7-9(3)11-12(16)10(8-2)14-15(11)13(4,5)6/h9,16H,7-8H2,1-6H3. The van der Waals surface area contributed by atoms with E-state index in [0.717, 1.165) is 24.2 Å². The Morgan fingerprint density at radius 2 is 1.88 bits per heavy atom. The normalized spacial score (nSPS) is 14.1. The summed E-state index contributed by atoms with van der Waals surface area (Å²) in [6.07, 6.45) is 1.79. The highest BCUT2D eigenvalue weighted by Gasteiger charge is 2.26. The van der Waals surface area contributed by atoms with Crippen LogP contribution in [0.4, 0.5) is 0 Å². The van der Waals surface area contributed by atoms with Crippen LogP contribution in [0.5, 0.6) is 5.75 Å². The van der Waals surface area contributed by atoms with Gasteiger partial charge in [0, 0.05) is 5.92 Å². The molecule has 0 bridgehead atoms. The molecule has 0 radical (unpaired) electrons. The Morgan fingerprint density at radius 3 is 2.25 bits per heavy atom. The van der Waals surface area contributed by atoms with Crippen LogP contribution in [-0.2, 0) is 12.0 Å². The molecule has 0 amide bonds. The van der Waals surface area contributed by atoms with E-state index in [9.17, 15) is 5.11 Å². The summed E-state index contributed by atoms with van der Waals surface area (Å²) >= 11 is 0. The van der Waals surface area contributed by atoms with Crippen molar-refractivity contribution in [2.75, 3.05) is 0 Å². The van der Waals surface area contributed by atoms with Gasteiger partial charge in [-0.25, -0.2) is 0 Å². The lowest BCUT2D eigenvalue weighted by Crippen LogP contribution is -2.26. The fourth-order valence-electron chi connectivity index (χ4n) is 1.86. The molecule has 0 fully saturated rings. The first-order valence-electron chi connectivity index (χ1n) is 6.14. The molecule has 0 spiro atoms. The molecule has 1 aromatic heterocycles. The van der Waals surface area contributed by atoms with Crippen LogP contribution >= 0.6 is 0 Å². The summed E-state index contributed by atoms with van der Waals surface area (Å²) in [5.74, 6) is 0.735. The van der Waals surface area contributed by atoms with Crippen LogP contribution in [0.2, 0.25) is 0 Å². The Kier molecular flexibility index (Phi) is 3.66. The molecule has 16 heavy (non-hydrogen) atoms. The van der Waals surface area contributed by atoms with Gasteiger partial charge in [0.25, 0.3) is 0 Å². The van der Waals surface area contributed by atoms with E-state index in [2.05, 4.69) is 39.7 Å². The fraction of sp³-hybridized carbons (Fsp3) is 0.769. The van der Waals surface area contributed by atoms with Gasteiger partial charge in [-0.1, -0.05) is 20.8 Å². The Bertz CT molecular complexity index is 361. The summed E-state index contributed by atoms with van der Waals surface area (Å²) in [6, 6.07) is 0. The van der Waals surface area contributed by atoms with Gasteiger partial charge in [0.05, 0.1) is 11.2 Å². The van der Waals surface area contributed by atoms with Crippen molar-refractivity contribution in [2.45, 2.75) is 65.8 Å². The van der Waals surface area contributed by atoms with Gasteiger partial charge in [-0.15, -0.1) is 0 Å². The lowest BCUT2D eigenvalue weighted by atomic mass is 10.0. The third kappa shape index (κ3) is 2.23. The minimum Gasteiger partial charge on any atom is -0.504 e. The van der Waals surface area contributed by atoms with Crippen molar-refractivity contribution in [3.63, 3.8) is 0 Å². The van der Waals surface area contributed by atoms with Crippen LogP contribution in [-0.4, -0.2) is 14.9 Å². The van der Waals surface area contributed by atoms with Crippen molar-refractivity contribution in [2.24, 2.45) is 0 Å². The molecule has 92 valence electrons. The van der Waals surface area contributed by atoms with Crippen LogP contribution in [0.3, 0.4) is 0 Å². The first-order valence-corrected chi connectivity index (χ1v) is 6.14. The predicted molar refractivity (Wildman–Crippen MR) is 67.0 cm³/mol. The zero-order valence-electron chi connectivity index (χ0n) is 11.3. The first kappa shape index (κ1) is 13.1. The lowest BCUT2D eigenvalue weighted by Gasteiger charge is -2.24. The topological polar surface area (TPSA) is 38.0 Å². The van der Waals surface area contributed by atoms with Gasteiger partial charge in [-0.3, -0.25) is 4.68 Å². The van der Waals surface area contributed by atoms with Gasteiger partial charge >= 0.3 is 0 Å². The number of aromatic hydroxyl groups is 1. The molecule has 0 saturated carbocycles. The number of nitrogens with zero attached hydrogens (tertiary/aromatic N) is 2. The third-order valence-corrected chi connectivity index (χ3v) is 3.01. The molecule has 1 aromatic rings. The molecule has 0 aromatic carbocycles. The summed E-state index contributed by atoms with van der Waals surface area (Å²) in [4.78, 5) is 0. The van der Waals surface area contributed by atoms with Gasteiger partial charge in [0.15, 0.2) is 5.75 Å². The van der Waals surface area contributed by atoms with E-state index in [-0.39, 0.29) is 5.54 Å². The Balaban J connectivity index is 3.36. The molecule has 1 rings (SSSR count). The second-order valence-electron chi connectivity index (χ2n) is 5.43. The van der Waals surface area contributed by atoms with Crippen LogP contribution < -0.4 is 0 Å². The van der Waals surface area contributed by atoms with Crippen LogP contribution in [0.15, 0.2) is 0 Å². The predicted octanol–water partition coefficient (Wildman–Crippen LogP) is 3.42. The second-order valence-corrected chi connectivity index (χ2v) is 5.43. The highest BCUT2D eigenvalue weighted by molar-refractivity contribution is 5.35. The van der Waals surface area contributed by atoms with E-state index in [1.807, 2.05) is 11.6 Å². The quantitative estimate of drug-likeness (QED) is 0.854. The average Bonchev–Trinajstić information content (AvgIpc) is 2.54. The molecule has 0 aliphatic carbocycles. The molecule has 0 aliphatic rings. The first-order chi connectivity index (χ1) is 7.32. The highest BCUT2D eigenvalue weighted by Crippen LogP contribution is 2.34. The maximum atomic E-state index is 10.2. The molecule has 0 aliphatic heterocycles. The third-order valence-electron chi connectivity index (χ3n) is 3.01. The van der Waals surface area contributed by atoms with Crippen LogP contribution in [0, 0.1) is 0 Å². The van der Waals surface area contributed by atoms with Crippen molar-refractivity contribution in [3.05, 3.63) is 11.4 Å². The van der Waals surface area contributed by atoms with E-state index in [0.29, 0.717) is 11.7 Å². The molecule has 1 N–H and O–H groups in total. The minimum absolute atomic E-state index is 0.0797. The fourth-order valence-corrected chi connectivity index (χ4v) is 1.86. The summed E-state index contributed by atoms with van der Waals surface area (Å²) < 4.78 is 1.98. The number of hydrogen-bond donors (Lipinski definition) is 1. The number of aromatic nitrogens is 2. The van der Waals surface area contributed by atoms with Gasteiger partial charge in [0.1, 0.15) is 5.69 Å². The van der Waals surface area contributed by atoms with E-state index < -0.39 is 0 Å². The number of hydrogen-bond acceptors (Lipinski definition) is 2. The van der Waals surface area contributed by atoms with Gasteiger partial charge in [-0.2, -0.15) is 5.10 Å². The molecule has 1 unspecified atom stereocenters. The Labute approximate surface area is 98.5 Å². The van der Waals surface area contributed by atoms with Crippen LogP contribution in [0.25, 0.3) is 0 Å². The zero-order chi connectivity index (χ0) is 12.5. The van der Waals surface area contributed by atoms with Crippen molar-refractivity contribution < 1.29 is 5.11 Å². The summed E-state index contributed by atoms with van der Waals surface area (Å²) in [6.45, 7) is 12.6. The van der Waals surface area contributed by atoms with Crippen molar-refractivity contribution in [1.29, 1.82) is 0 Å². The summed E-state index contributed by atoms with van der Waals surface area (Å²) in [7, 11) is 0. The maximum Gasteiger partial charge on any atom is 0.160 e. The van der Waals surface area contributed by atoms with Crippen molar-refractivity contribution >= 4 is 0 Å². The molecular weight excluding hydrogens is 200 g/mol.